The molecule has 2 aromatic rings. The molecule has 100 valence electrons. The number of para-hydroxylation sites is 2. The van der Waals surface area contributed by atoms with E-state index in [2.05, 4.69) is 22.6 Å². The molecule has 0 radical (unpaired) electrons. The molecule has 2 rings (SSSR count). The molecule has 0 aliphatic heterocycles. The average Bonchev–Trinajstić information content (AvgIpc) is 2.39. The van der Waals surface area contributed by atoms with Gasteiger partial charge in [0, 0.05) is 3.57 Å². The second-order valence-electron chi connectivity index (χ2n) is 3.64. The quantitative estimate of drug-likeness (QED) is 0.595. The van der Waals surface area contributed by atoms with Crippen LogP contribution in [0, 0.1) is 3.57 Å². The minimum absolute atomic E-state index is 0.110. The first-order valence-corrected chi connectivity index (χ1v) is 7.85. The maximum Gasteiger partial charge on any atom is 0.339 e. The van der Waals surface area contributed by atoms with Crippen molar-refractivity contribution in [3.05, 3.63) is 52.1 Å². The van der Waals surface area contributed by atoms with Crippen LogP contribution in [0.5, 0.6) is 11.5 Å². The minimum atomic E-state index is -3.85. The smallest absolute Gasteiger partial charge is 0.339 e. The van der Waals surface area contributed by atoms with E-state index in [0.29, 0.717) is 5.75 Å². The number of rotatable bonds is 4. The monoisotopic (exact) mass is 390 g/mol. The van der Waals surface area contributed by atoms with Crippen molar-refractivity contribution in [1.29, 1.82) is 0 Å². The zero-order valence-corrected chi connectivity index (χ0v) is 13.0. The van der Waals surface area contributed by atoms with E-state index < -0.39 is 10.1 Å². The Morgan fingerprint density at radius 1 is 0.947 bits per heavy atom. The predicted octanol–water partition coefficient (Wildman–Crippen LogP) is 3.07. The summed E-state index contributed by atoms with van der Waals surface area (Å²) in [6, 6.07) is 13.0. The molecule has 0 aliphatic carbocycles. The van der Waals surface area contributed by atoms with Crippen LogP contribution in [-0.4, -0.2) is 15.5 Å². The molecule has 0 saturated heterocycles. The lowest BCUT2D eigenvalue weighted by Gasteiger charge is -2.10. The average molecular weight is 390 g/mol. The molecule has 0 bridgehead atoms. The highest BCUT2D eigenvalue weighted by Crippen LogP contribution is 2.29. The van der Waals surface area contributed by atoms with Gasteiger partial charge in [-0.25, -0.2) is 0 Å². The fourth-order valence-electron chi connectivity index (χ4n) is 1.46. The third kappa shape index (κ3) is 3.38. The Kier molecular flexibility index (Phi) is 4.31. The van der Waals surface area contributed by atoms with Crippen LogP contribution in [0.4, 0.5) is 0 Å². The molecule has 2 aromatic carbocycles. The van der Waals surface area contributed by atoms with Crippen LogP contribution in [0.1, 0.15) is 0 Å². The number of hydrogen-bond acceptors (Lipinski definition) is 4. The van der Waals surface area contributed by atoms with Crippen molar-refractivity contribution in [2.75, 3.05) is 7.11 Å². The van der Waals surface area contributed by atoms with Crippen LogP contribution in [0.3, 0.4) is 0 Å². The topological polar surface area (TPSA) is 52.6 Å². The second kappa shape index (κ2) is 5.79. The van der Waals surface area contributed by atoms with Crippen molar-refractivity contribution in [1.82, 2.24) is 0 Å². The molecular formula is C13H11IO4S. The maximum atomic E-state index is 12.1. The van der Waals surface area contributed by atoms with Gasteiger partial charge < -0.3 is 8.92 Å². The first-order valence-electron chi connectivity index (χ1n) is 5.36. The summed E-state index contributed by atoms with van der Waals surface area (Å²) in [4.78, 5) is 0.110. The molecule has 6 heteroatoms. The van der Waals surface area contributed by atoms with Gasteiger partial charge in [0.15, 0.2) is 11.5 Å². The van der Waals surface area contributed by atoms with E-state index in [1.165, 1.54) is 19.2 Å². The van der Waals surface area contributed by atoms with Crippen LogP contribution in [0.25, 0.3) is 0 Å². The van der Waals surface area contributed by atoms with E-state index in [1.807, 2.05) is 0 Å². The lowest BCUT2D eigenvalue weighted by Crippen LogP contribution is -2.10. The molecule has 0 unspecified atom stereocenters. The van der Waals surface area contributed by atoms with Crippen LogP contribution in [-0.2, 0) is 10.1 Å². The van der Waals surface area contributed by atoms with E-state index in [0.717, 1.165) is 3.57 Å². The Bertz CT molecular complexity index is 665. The van der Waals surface area contributed by atoms with Gasteiger partial charge in [-0.3, -0.25) is 0 Å². The summed E-state index contributed by atoms with van der Waals surface area (Å²) in [5.41, 5.74) is 0. The molecule has 0 saturated carbocycles. The Hall–Kier alpha value is -1.28. The van der Waals surface area contributed by atoms with Gasteiger partial charge in [0.05, 0.1) is 7.11 Å². The van der Waals surface area contributed by atoms with Gasteiger partial charge >= 0.3 is 10.1 Å². The van der Waals surface area contributed by atoms with E-state index in [-0.39, 0.29) is 10.6 Å². The van der Waals surface area contributed by atoms with E-state index in [1.54, 1.807) is 36.4 Å². The van der Waals surface area contributed by atoms with Gasteiger partial charge in [0.25, 0.3) is 0 Å². The molecule has 0 aliphatic rings. The number of benzene rings is 2. The van der Waals surface area contributed by atoms with Gasteiger partial charge in [-0.05, 0) is 59.0 Å². The van der Waals surface area contributed by atoms with Crippen molar-refractivity contribution in [2.45, 2.75) is 4.90 Å². The number of ether oxygens (including phenoxy) is 1. The Morgan fingerprint density at radius 3 is 2.11 bits per heavy atom. The van der Waals surface area contributed by atoms with Gasteiger partial charge in [-0.1, -0.05) is 12.1 Å². The molecule has 0 fully saturated rings. The minimum Gasteiger partial charge on any atom is -0.493 e. The van der Waals surface area contributed by atoms with Crippen LogP contribution in [0.2, 0.25) is 0 Å². The second-order valence-corrected chi connectivity index (χ2v) is 6.43. The van der Waals surface area contributed by atoms with Crippen molar-refractivity contribution < 1.29 is 17.3 Å². The van der Waals surface area contributed by atoms with Crippen LogP contribution >= 0.6 is 22.6 Å². The number of methoxy groups -OCH3 is 1. The summed E-state index contributed by atoms with van der Waals surface area (Å²) in [7, 11) is -2.39. The van der Waals surface area contributed by atoms with Gasteiger partial charge in [-0.2, -0.15) is 8.42 Å². The van der Waals surface area contributed by atoms with Crippen molar-refractivity contribution in [3.63, 3.8) is 0 Å². The fourth-order valence-corrected chi connectivity index (χ4v) is 2.75. The largest absolute Gasteiger partial charge is 0.493 e. The molecule has 0 aromatic heterocycles. The summed E-state index contributed by atoms with van der Waals surface area (Å²) >= 11 is 2.10. The Morgan fingerprint density at radius 2 is 1.53 bits per heavy atom. The first kappa shape index (κ1) is 14.1. The SMILES string of the molecule is COc1ccccc1OS(=O)(=O)c1ccc(I)cc1. The van der Waals surface area contributed by atoms with Crippen molar-refractivity contribution in [2.24, 2.45) is 0 Å². The van der Waals surface area contributed by atoms with Crippen molar-refractivity contribution >= 4 is 32.7 Å². The zero-order chi connectivity index (χ0) is 13.9. The van der Waals surface area contributed by atoms with E-state index in [9.17, 15) is 8.42 Å². The molecule has 4 nitrogen and oxygen atoms in total. The summed E-state index contributed by atoms with van der Waals surface area (Å²) in [6.07, 6.45) is 0. The normalized spacial score (nSPS) is 11.1. The molecule has 0 atom stereocenters. The van der Waals surface area contributed by atoms with Crippen LogP contribution in [0.15, 0.2) is 53.4 Å². The van der Waals surface area contributed by atoms with E-state index >= 15 is 0 Å². The third-order valence-corrected chi connectivity index (χ3v) is 4.34. The Labute approximate surface area is 125 Å². The molecule has 0 spiro atoms. The summed E-state index contributed by atoms with van der Waals surface area (Å²) in [6.45, 7) is 0. The summed E-state index contributed by atoms with van der Waals surface area (Å²) < 4.78 is 35.3. The van der Waals surface area contributed by atoms with Gasteiger partial charge in [0.2, 0.25) is 0 Å². The zero-order valence-electron chi connectivity index (χ0n) is 10.0. The maximum absolute atomic E-state index is 12.1. The molecule has 0 amide bonds. The third-order valence-electron chi connectivity index (χ3n) is 2.37. The van der Waals surface area contributed by atoms with Crippen molar-refractivity contribution in [3.8, 4) is 11.5 Å². The van der Waals surface area contributed by atoms with Gasteiger partial charge in [0.1, 0.15) is 4.90 Å². The standard InChI is InChI=1S/C13H11IO4S/c1-17-12-4-2-3-5-13(12)18-19(15,16)11-8-6-10(14)7-9-11/h2-9H,1H3. The molecule has 0 heterocycles. The first-order chi connectivity index (χ1) is 9.03. The molecule has 0 N–H and O–H groups in total. The fraction of sp³-hybridized carbons (Fsp3) is 0.0769. The summed E-state index contributed by atoms with van der Waals surface area (Å²) in [5, 5.41) is 0. The highest BCUT2D eigenvalue weighted by atomic mass is 127. The van der Waals surface area contributed by atoms with Crippen LogP contribution < -0.4 is 8.92 Å². The number of halogens is 1. The Balaban J connectivity index is 2.34. The predicted molar refractivity (Wildman–Crippen MR) is 80.0 cm³/mol. The lowest BCUT2D eigenvalue weighted by atomic mass is 10.3. The lowest BCUT2D eigenvalue weighted by molar-refractivity contribution is 0.390. The number of hydrogen-bond donors (Lipinski definition) is 0. The summed E-state index contributed by atoms with van der Waals surface area (Å²) in [5.74, 6) is 0.542. The highest BCUT2D eigenvalue weighted by Gasteiger charge is 2.18. The van der Waals surface area contributed by atoms with Gasteiger partial charge in [-0.15, -0.1) is 0 Å². The molecular weight excluding hydrogens is 379 g/mol. The van der Waals surface area contributed by atoms with E-state index in [4.69, 9.17) is 8.92 Å². The highest BCUT2D eigenvalue weighted by molar-refractivity contribution is 14.1. The molecule has 19 heavy (non-hydrogen) atoms.